The van der Waals surface area contributed by atoms with E-state index in [1.807, 2.05) is 17.8 Å². The van der Waals surface area contributed by atoms with Crippen molar-refractivity contribution in [2.24, 2.45) is 5.92 Å². The topological polar surface area (TPSA) is 27.7 Å². The van der Waals surface area contributed by atoms with Crippen LogP contribution >= 0.6 is 27.7 Å². The Labute approximate surface area is 126 Å². The van der Waals surface area contributed by atoms with Gasteiger partial charge in [0.1, 0.15) is 12.5 Å². The highest BCUT2D eigenvalue weighted by Crippen LogP contribution is 2.37. The smallest absolute Gasteiger partial charge is 0.146 e. The summed E-state index contributed by atoms with van der Waals surface area (Å²) in [4.78, 5) is 1.20. The number of rotatable bonds is 5. The first-order valence-corrected chi connectivity index (χ1v) is 8.33. The molecule has 3 rings (SSSR count). The van der Waals surface area contributed by atoms with Crippen molar-refractivity contribution in [3.63, 3.8) is 0 Å². The van der Waals surface area contributed by atoms with E-state index in [1.165, 1.54) is 17.7 Å². The number of thioether (sulfide) groups is 1. The highest BCUT2D eigenvalue weighted by atomic mass is 79.9. The van der Waals surface area contributed by atoms with Gasteiger partial charge in [0.2, 0.25) is 0 Å². The van der Waals surface area contributed by atoms with Gasteiger partial charge in [-0.15, -0.1) is 11.8 Å². The van der Waals surface area contributed by atoms with Crippen LogP contribution in [0.5, 0.6) is 5.75 Å². The van der Waals surface area contributed by atoms with E-state index < -0.39 is 0 Å². The van der Waals surface area contributed by atoms with Crippen LogP contribution in [-0.2, 0) is 9.47 Å². The molecule has 0 radical (unpaired) electrons. The summed E-state index contributed by atoms with van der Waals surface area (Å²) >= 11 is 5.35. The number of hydrogen-bond acceptors (Lipinski definition) is 4. The fourth-order valence-corrected chi connectivity index (χ4v) is 3.49. The monoisotopic (exact) mass is 344 g/mol. The van der Waals surface area contributed by atoms with Crippen LogP contribution in [0, 0.1) is 5.92 Å². The molecule has 19 heavy (non-hydrogen) atoms. The fraction of sp³-hybridized carbons (Fsp3) is 0.571. The summed E-state index contributed by atoms with van der Waals surface area (Å²) in [5.41, 5.74) is 0. The molecule has 0 atom stereocenters. The van der Waals surface area contributed by atoms with Crippen LogP contribution in [0.2, 0.25) is 0 Å². The number of halogens is 1. The van der Waals surface area contributed by atoms with E-state index in [1.54, 1.807) is 0 Å². The van der Waals surface area contributed by atoms with Crippen LogP contribution < -0.4 is 4.74 Å². The van der Waals surface area contributed by atoms with Gasteiger partial charge in [0, 0.05) is 16.1 Å². The SMILES string of the molecule is Brc1ccc(OC2CC2)c(SCC2COCOC2)c1. The lowest BCUT2D eigenvalue weighted by atomic mass is 10.2. The second-order valence-corrected chi connectivity index (χ2v) is 6.92. The molecule has 1 aliphatic carbocycles. The molecular weight excluding hydrogens is 328 g/mol. The summed E-state index contributed by atoms with van der Waals surface area (Å²) < 4.78 is 17.7. The maximum Gasteiger partial charge on any atom is 0.146 e. The largest absolute Gasteiger partial charge is 0.489 e. The van der Waals surface area contributed by atoms with Crippen LogP contribution in [-0.4, -0.2) is 31.9 Å². The van der Waals surface area contributed by atoms with Crippen molar-refractivity contribution in [1.82, 2.24) is 0 Å². The van der Waals surface area contributed by atoms with Gasteiger partial charge in [-0.05, 0) is 31.0 Å². The molecule has 5 heteroatoms. The van der Waals surface area contributed by atoms with Gasteiger partial charge in [0.05, 0.1) is 24.2 Å². The van der Waals surface area contributed by atoms with E-state index in [2.05, 4.69) is 28.1 Å². The molecule has 0 spiro atoms. The van der Waals surface area contributed by atoms with Crippen LogP contribution in [0.4, 0.5) is 0 Å². The Morgan fingerprint density at radius 2 is 2.05 bits per heavy atom. The molecule has 104 valence electrons. The van der Waals surface area contributed by atoms with E-state index in [0.29, 0.717) is 18.8 Å². The van der Waals surface area contributed by atoms with Gasteiger partial charge in [-0.1, -0.05) is 15.9 Å². The van der Waals surface area contributed by atoms with Crippen molar-refractivity contribution in [2.75, 3.05) is 25.8 Å². The van der Waals surface area contributed by atoms with Gasteiger partial charge >= 0.3 is 0 Å². The summed E-state index contributed by atoms with van der Waals surface area (Å²) in [6.45, 7) is 2.02. The zero-order valence-corrected chi connectivity index (χ0v) is 13.0. The Bertz CT molecular complexity index is 431. The number of hydrogen-bond donors (Lipinski definition) is 0. The molecule has 0 N–H and O–H groups in total. The third kappa shape index (κ3) is 4.12. The van der Waals surface area contributed by atoms with Crippen LogP contribution in [0.3, 0.4) is 0 Å². The predicted octanol–water partition coefficient (Wildman–Crippen LogP) is 3.70. The van der Waals surface area contributed by atoms with Crippen molar-refractivity contribution in [3.8, 4) is 5.75 Å². The van der Waals surface area contributed by atoms with E-state index >= 15 is 0 Å². The Balaban J connectivity index is 1.62. The minimum atomic E-state index is 0.432. The van der Waals surface area contributed by atoms with E-state index in [0.717, 1.165) is 29.2 Å². The minimum Gasteiger partial charge on any atom is -0.489 e. The maximum atomic E-state index is 5.95. The molecule has 2 fully saturated rings. The molecule has 0 aromatic heterocycles. The average molecular weight is 345 g/mol. The first-order chi connectivity index (χ1) is 9.31. The van der Waals surface area contributed by atoms with Crippen LogP contribution in [0.15, 0.2) is 27.6 Å². The van der Waals surface area contributed by atoms with Gasteiger partial charge in [0.25, 0.3) is 0 Å². The van der Waals surface area contributed by atoms with Crippen LogP contribution in [0.25, 0.3) is 0 Å². The molecule has 1 heterocycles. The molecule has 0 amide bonds. The fourth-order valence-electron chi connectivity index (χ4n) is 1.90. The summed E-state index contributed by atoms with van der Waals surface area (Å²) in [6, 6.07) is 6.22. The van der Waals surface area contributed by atoms with Gasteiger partial charge in [0.15, 0.2) is 0 Å². The van der Waals surface area contributed by atoms with Gasteiger partial charge in [-0.3, -0.25) is 0 Å². The first-order valence-electron chi connectivity index (χ1n) is 6.56. The molecule has 3 nitrogen and oxygen atoms in total. The van der Waals surface area contributed by atoms with Crippen molar-refractivity contribution < 1.29 is 14.2 Å². The van der Waals surface area contributed by atoms with Gasteiger partial charge < -0.3 is 14.2 Å². The maximum absolute atomic E-state index is 5.95. The first kappa shape index (κ1) is 13.7. The van der Waals surface area contributed by atoms with E-state index in [-0.39, 0.29) is 0 Å². The zero-order chi connectivity index (χ0) is 13.1. The summed E-state index contributed by atoms with van der Waals surface area (Å²) in [5.74, 6) is 2.47. The van der Waals surface area contributed by atoms with Crippen molar-refractivity contribution in [1.29, 1.82) is 0 Å². The van der Waals surface area contributed by atoms with Gasteiger partial charge in [-0.25, -0.2) is 0 Å². The summed E-state index contributed by atoms with van der Waals surface area (Å²) in [6.07, 6.45) is 2.80. The second kappa shape index (κ2) is 6.48. The normalized spacial score (nSPS) is 20.5. The summed E-state index contributed by atoms with van der Waals surface area (Å²) in [5, 5.41) is 0. The average Bonchev–Trinajstić information content (AvgIpc) is 3.24. The van der Waals surface area contributed by atoms with Crippen LogP contribution in [0.1, 0.15) is 12.8 Å². The van der Waals surface area contributed by atoms with E-state index in [9.17, 15) is 0 Å². The Morgan fingerprint density at radius 3 is 2.79 bits per heavy atom. The lowest BCUT2D eigenvalue weighted by Crippen LogP contribution is -2.25. The Hall–Kier alpha value is -0.230. The quantitative estimate of drug-likeness (QED) is 0.761. The van der Waals surface area contributed by atoms with Crippen molar-refractivity contribution in [3.05, 3.63) is 22.7 Å². The molecule has 2 aliphatic rings. The number of ether oxygens (including phenoxy) is 3. The highest BCUT2D eigenvalue weighted by molar-refractivity contribution is 9.10. The third-order valence-electron chi connectivity index (χ3n) is 3.07. The highest BCUT2D eigenvalue weighted by Gasteiger charge is 2.25. The molecule has 0 bridgehead atoms. The molecule has 1 saturated heterocycles. The predicted molar refractivity (Wildman–Crippen MR) is 78.8 cm³/mol. The standard InChI is InChI=1S/C14H17BrO3S/c15-11-1-4-13(18-12-2-3-12)14(5-11)19-8-10-6-16-9-17-7-10/h1,4-5,10,12H,2-3,6-9H2. The molecule has 1 aromatic rings. The van der Waals surface area contributed by atoms with Gasteiger partial charge in [-0.2, -0.15) is 0 Å². The minimum absolute atomic E-state index is 0.432. The lowest BCUT2D eigenvalue weighted by molar-refractivity contribution is -0.120. The second-order valence-electron chi connectivity index (χ2n) is 4.94. The molecule has 1 saturated carbocycles. The Morgan fingerprint density at radius 1 is 1.26 bits per heavy atom. The molecule has 1 aromatic carbocycles. The van der Waals surface area contributed by atoms with Crippen molar-refractivity contribution >= 4 is 27.7 Å². The molecule has 0 unspecified atom stereocenters. The zero-order valence-electron chi connectivity index (χ0n) is 10.6. The molecular formula is C14H17BrO3S. The summed E-state index contributed by atoms with van der Waals surface area (Å²) in [7, 11) is 0. The molecule has 1 aliphatic heterocycles. The van der Waals surface area contributed by atoms with E-state index in [4.69, 9.17) is 14.2 Å². The van der Waals surface area contributed by atoms with Crippen molar-refractivity contribution in [2.45, 2.75) is 23.8 Å². The lowest BCUT2D eigenvalue weighted by Gasteiger charge is -2.22. The third-order valence-corrected chi connectivity index (χ3v) is 4.83. The number of benzene rings is 1. The Kier molecular flexibility index (Phi) is 4.69.